The molecule has 0 unspecified atom stereocenters. The molecule has 1 saturated heterocycles. The van der Waals surface area contributed by atoms with Crippen LogP contribution in [0.3, 0.4) is 0 Å². The van der Waals surface area contributed by atoms with Crippen LogP contribution in [-0.4, -0.2) is 48.1 Å². The van der Waals surface area contributed by atoms with Crippen LogP contribution < -0.4 is 15.8 Å². The highest BCUT2D eigenvalue weighted by Crippen LogP contribution is 2.21. The van der Waals surface area contributed by atoms with Crippen LogP contribution in [0.4, 0.5) is 5.13 Å². The lowest BCUT2D eigenvalue weighted by Gasteiger charge is -2.25. The van der Waals surface area contributed by atoms with E-state index in [0.29, 0.717) is 23.2 Å². The number of amides is 2. The minimum absolute atomic E-state index is 0.258. The molecule has 1 aliphatic heterocycles. The van der Waals surface area contributed by atoms with Crippen molar-refractivity contribution in [1.82, 2.24) is 20.8 Å². The van der Waals surface area contributed by atoms with E-state index in [9.17, 15) is 9.59 Å². The summed E-state index contributed by atoms with van der Waals surface area (Å²) in [6.45, 7) is 2.80. The number of nitrogens with one attached hydrogen (secondary N) is 2. The Kier molecular flexibility index (Phi) is 5.38. The highest BCUT2D eigenvalue weighted by atomic mass is 79.9. The van der Waals surface area contributed by atoms with E-state index in [2.05, 4.69) is 41.6 Å². The highest BCUT2D eigenvalue weighted by molar-refractivity contribution is 9.10. The number of halogens is 1. The SMILES string of the molecule is O=C(NNC(=O)c1csc(N2CCOCC2)n1)c1cncc(Br)c1. The van der Waals surface area contributed by atoms with Crippen molar-refractivity contribution >= 4 is 44.2 Å². The predicted octanol–water partition coefficient (Wildman–Crippen LogP) is 1.21. The first-order chi connectivity index (χ1) is 11.6. The first-order valence-corrected chi connectivity index (χ1v) is 8.80. The third kappa shape index (κ3) is 4.08. The molecule has 10 heteroatoms. The zero-order valence-electron chi connectivity index (χ0n) is 12.5. The van der Waals surface area contributed by atoms with Gasteiger partial charge in [0.05, 0.1) is 18.8 Å². The summed E-state index contributed by atoms with van der Waals surface area (Å²) in [5, 5.41) is 2.43. The van der Waals surface area contributed by atoms with Crippen LogP contribution in [0, 0.1) is 0 Å². The molecular weight excluding hydrogens is 398 g/mol. The molecule has 3 heterocycles. The summed E-state index contributed by atoms with van der Waals surface area (Å²) in [5.41, 5.74) is 5.29. The Morgan fingerprint density at radius 3 is 2.71 bits per heavy atom. The first-order valence-electron chi connectivity index (χ1n) is 7.13. The van der Waals surface area contributed by atoms with Crippen LogP contribution in [0.25, 0.3) is 0 Å². The second-order valence-electron chi connectivity index (χ2n) is 4.91. The van der Waals surface area contributed by atoms with E-state index in [-0.39, 0.29) is 5.69 Å². The fourth-order valence-electron chi connectivity index (χ4n) is 2.05. The van der Waals surface area contributed by atoms with Gasteiger partial charge in [-0.1, -0.05) is 0 Å². The molecule has 2 N–H and O–H groups in total. The second kappa shape index (κ2) is 7.69. The van der Waals surface area contributed by atoms with Gasteiger partial charge in [0.15, 0.2) is 5.13 Å². The van der Waals surface area contributed by atoms with Gasteiger partial charge in [-0.25, -0.2) is 4.98 Å². The summed E-state index contributed by atoms with van der Waals surface area (Å²) in [5.74, 6) is -0.928. The van der Waals surface area contributed by atoms with E-state index < -0.39 is 11.8 Å². The van der Waals surface area contributed by atoms with Gasteiger partial charge in [-0.05, 0) is 22.0 Å². The van der Waals surface area contributed by atoms with E-state index in [1.807, 2.05) is 0 Å². The summed E-state index contributed by atoms with van der Waals surface area (Å²) in [6.07, 6.45) is 2.98. The quantitative estimate of drug-likeness (QED) is 0.736. The van der Waals surface area contributed by atoms with Crippen LogP contribution in [0.15, 0.2) is 28.3 Å². The van der Waals surface area contributed by atoms with Gasteiger partial charge in [-0.3, -0.25) is 25.4 Å². The van der Waals surface area contributed by atoms with Gasteiger partial charge in [-0.15, -0.1) is 11.3 Å². The number of anilines is 1. The largest absolute Gasteiger partial charge is 0.378 e. The predicted molar refractivity (Wildman–Crippen MR) is 92.0 cm³/mol. The lowest BCUT2D eigenvalue weighted by molar-refractivity contribution is 0.0844. The first kappa shape index (κ1) is 16.8. The van der Waals surface area contributed by atoms with Crippen molar-refractivity contribution < 1.29 is 14.3 Å². The number of rotatable bonds is 3. The van der Waals surface area contributed by atoms with Gasteiger partial charge < -0.3 is 9.64 Å². The topological polar surface area (TPSA) is 96.5 Å². The van der Waals surface area contributed by atoms with Crippen LogP contribution in [0.2, 0.25) is 0 Å². The normalized spacial score (nSPS) is 14.3. The number of aromatic nitrogens is 2. The van der Waals surface area contributed by atoms with Crippen molar-refractivity contribution in [3.8, 4) is 0 Å². The molecule has 0 atom stereocenters. The molecule has 2 aromatic rings. The Balaban J connectivity index is 1.57. The third-order valence-electron chi connectivity index (χ3n) is 3.26. The number of ether oxygens (including phenoxy) is 1. The summed E-state index contributed by atoms with van der Waals surface area (Å²) in [6, 6.07) is 1.61. The summed E-state index contributed by atoms with van der Waals surface area (Å²) in [4.78, 5) is 34.3. The average molecular weight is 412 g/mol. The number of nitrogens with zero attached hydrogens (tertiary/aromatic N) is 3. The fraction of sp³-hybridized carbons (Fsp3) is 0.286. The number of carbonyl (C=O) groups excluding carboxylic acids is 2. The molecule has 126 valence electrons. The molecule has 0 radical (unpaired) electrons. The minimum Gasteiger partial charge on any atom is -0.378 e. The number of hydrogen-bond acceptors (Lipinski definition) is 7. The molecule has 0 bridgehead atoms. The number of carbonyl (C=O) groups is 2. The molecular formula is C14H14BrN5O3S. The molecule has 2 amide bonds. The molecule has 24 heavy (non-hydrogen) atoms. The van der Waals surface area contributed by atoms with Crippen molar-refractivity contribution in [1.29, 1.82) is 0 Å². The standard InChI is InChI=1S/C14H14BrN5O3S/c15-10-5-9(6-16-7-10)12(21)18-19-13(22)11-8-24-14(17-11)20-1-3-23-4-2-20/h5-8H,1-4H2,(H,18,21)(H,19,22). The molecule has 0 saturated carbocycles. The van der Waals surface area contributed by atoms with Crippen LogP contribution in [0.1, 0.15) is 20.8 Å². The average Bonchev–Trinajstić information content (AvgIpc) is 3.10. The minimum atomic E-state index is -0.470. The number of hydrazine groups is 1. The molecule has 1 fully saturated rings. The van der Waals surface area contributed by atoms with Gasteiger partial charge in [-0.2, -0.15) is 0 Å². The van der Waals surface area contributed by atoms with Gasteiger partial charge in [0.1, 0.15) is 5.69 Å². The van der Waals surface area contributed by atoms with Crippen molar-refractivity contribution in [3.63, 3.8) is 0 Å². The molecule has 8 nitrogen and oxygen atoms in total. The zero-order valence-corrected chi connectivity index (χ0v) is 14.9. The maximum atomic E-state index is 12.1. The second-order valence-corrected chi connectivity index (χ2v) is 6.67. The summed E-state index contributed by atoms with van der Waals surface area (Å²) >= 11 is 4.62. The smallest absolute Gasteiger partial charge is 0.289 e. The Bertz CT molecular complexity index is 748. The van der Waals surface area contributed by atoms with Crippen molar-refractivity contribution in [2.24, 2.45) is 0 Å². The Morgan fingerprint density at radius 1 is 1.21 bits per heavy atom. The molecule has 1 aliphatic rings. The van der Waals surface area contributed by atoms with E-state index in [1.54, 1.807) is 17.6 Å². The van der Waals surface area contributed by atoms with Gasteiger partial charge in [0, 0.05) is 35.3 Å². The third-order valence-corrected chi connectivity index (χ3v) is 4.60. The number of morpholine rings is 1. The van der Waals surface area contributed by atoms with Crippen LogP contribution in [0.5, 0.6) is 0 Å². The van der Waals surface area contributed by atoms with E-state index in [4.69, 9.17) is 4.74 Å². The molecule has 0 aliphatic carbocycles. The number of hydrogen-bond donors (Lipinski definition) is 2. The van der Waals surface area contributed by atoms with Crippen LogP contribution in [-0.2, 0) is 4.74 Å². The number of pyridine rings is 1. The summed E-state index contributed by atoms with van der Waals surface area (Å²) < 4.78 is 5.97. The lowest BCUT2D eigenvalue weighted by Crippen LogP contribution is -2.42. The Hall–Kier alpha value is -2.04. The van der Waals surface area contributed by atoms with E-state index in [1.165, 1.54) is 17.5 Å². The molecule has 3 rings (SSSR count). The summed E-state index contributed by atoms with van der Waals surface area (Å²) in [7, 11) is 0. The zero-order chi connectivity index (χ0) is 16.9. The van der Waals surface area contributed by atoms with Gasteiger partial charge >= 0.3 is 0 Å². The van der Waals surface area contributed by atoms with E-state index in [0.717, 1.165) is 18.2 Å². The monoisotopic (exact) mass is 411 g/mol. The molecule has 0 aromatic carbocycles. The van der Waals surface area contributed by atoms with E-state index >= 15 is 0 Å². The maximum absolute atomic E-state index is 12.1. The lowest BCUT2D eigenvalue weighted by atomic mass is 10.3. The Labute approximate surface area is 150 Å². The van der Waals surface area contributed by atoms with Crippen LogP contribution >= 0.6 is 27.3 Å². The van der Waals surface area contributed by atoms with Crippen molar-refractivity contribution in [2.45, 2.75) is 0 Å². The molecule has 0 spiro atoms. The Morgan fingerprint density at radius 2 is 1.96 bits per heavy atom. The molecule has 2 aromatic heterocycles. The van der Waals surface area contributed by atoms with Gasteiger partial charge in [0.2, 0.25) is 0 Å². The maximum Gasteiger partial charge on any atom is 0.289 e. The van der Waals surface area contributed by atoms with Gasteiger partial charge in [0.25, 0.3) is 11.8 Å². The highest BCUT2D eigenvalue weighted by Gasteiger charge is 2.18. The number of thiazole rings is 1. The fourth-order valence-corrected chi connectivity index (χ4v) is 3.28. The van der Waals surface area contributed by atoms with Crippen molar-refractivity contribution in [3.05, 3.63) is 39.6 Å². The van der Waals surface area contributed by atoms with Crippen molar-refractivity contribution in [2.75, 3.05) is 31.2 Å².